The Morgan fingerprint density at radius 3 is 1.33 bits per heavy atom. The van der Waals surface area contributed by atoms with E-state index >= 15 is 0 Å². The highest BCUT2D eigenvalue weighted by Crippen LogP contribution is 2.32. The third-order valence-electron chi connectivity index (χ3n) is 7.62. The third kappa shape index (κ3) is 8.56. The number of rotatable bonds is 7. The van der Waals surface area contributed by atoms with Gasteiger partial charge in [0.15, 0.2) is 0 Å². The van der Waals surface area contributed by atoms with E-state index in [4.69, 9.17) is 0 Å². The van der Waals surface area contributed by atoms with E-state index in [1.807, 2.05) is 18.2 Å². The second-order valence-electron chi connectivity index (χ2n) is 11.1. The highest BCUT2D eigenvalue weighted by molar-refractivity contribution is 9.10. The van der Waals surface area contributed by atoms with Gasteiger partial charge in [-0.3, -0.25) is 0 Å². The van der Waals surface area contributed by atoms with Crippen LogP contribution < -0.4 is 5.32 Å². The van der Waals surface area contributed by atoms with E-state index in [9.17, 15) is 0 Å². The summed E-state index contributed by atoms with van der Waals surface area (Å²) in [4.78, 5) is 0. The van der Waals surface area contributed by atoms with Gasteiger partial charge < -0.3 is 5.32 Å². The van der Waals surface area contributed by atoms with Crippen LogP contribution in [0.25, 0.3) is 11.1 Å². The average molecular weight is 690 g/mol. The molecule has 1 nitrogen and oxygen atoms in total. The summed E-state index contributed by atoms with van der Waals surface area (Å²) < 4.78 is 2.24. The van der Waals surface area contributed by atoms with E-state index in [1.54, 1.807) is 0 Å². The minimum Gasteiger partial charge on any atom is -0.356 e. The van der Waals surface area contributed by atoms with Crippen molar-refractivity contribution in [2.75, 3.05) is 5.32 Å². The fraction of sp³-hybridized carbons (Fsp3) is 0.100. The van der Waals surface area contributed by atoms with E-state index < -0.39 is 0 Å². The lowest BCUT2D eigenvalue weighted by Crippen LogP contribution is -2.18. The Bertz CT molecular complexity index is 1560. The minimum absolute atomic E-state index is 0.0292. The zero-order valence-corrected chi connectivity index (χ0v) is 27.6. The third-order valence-corrected chi connectivity index (χ3v) is 8.67. The van der Waals surface area contributed by atoms with Crippen molar-refractivity contribution in [3.8, 4) is 11.1 Å². The Morgan fingerprint density at radius 2 is 0.837 bits per heavy atom. The molecule has 0 saturated heterocycles. The van der Waals surface area contributed by atoms with Gasteiger partial charge in [-0.25, -0.2) is 0 Å². The summed E-state index contributed by atoms with van der Waals surface area (Å²) in [7, 11) is 0. The molecule has 43 heavy (non-hydrogen) atoms. The summed E-state index contributed by atoms with van der Waals surface area (Å²) in [6, 6.07) is 55.3. The van der Waals surface area contributed by atoms with Crippen LogP contribution in [-0.2, 0) is 11.8 Å². The van der Waals surface area contributed by atoms with Crippen LogP contribution in [0.15, 0.2) is 167 Å². The van der Waals surface area contributed by atoms with Gasteiger partial charge in [-0.2, -0.15) is 0 Å². The van der Waals surface area contributed by atoms with Crippen LogP contribution in [0.2, 0.25) is 0 Å². The fourth-order valence-electron chi connectivity index (χ4n) is 4.98. The zero-order valence-electron chi connectivity index (χ0n) is 24.5. The van der Waals surface area contributed by atoms with Crippen molar-refractivity contribution >= 4 is 43.2 Å². The van der Waals surface area contributed by atoms with Gasteiger partial charge in [-0.1, -0.05) is 155 Å². The maximum Gasteiger partial charge on any atom is 0.0384 e. The van der Waals surface area contributed by atoms with Gasteiger partial charge in [0.05, 0.1) is 0 Å². The van der Waals surface area contributed by atoms with Gasteiger partial charge >= 0.3 is 0 Å². The summed E-state index contributed by atoms with van der Waals surface area (Å²) in [6.07, 6.45) is 0.973. The Morgan fingerprint density at radius 1 is 0.442 bits per heavy atom. The molecule has 0 saturated carbocycles. The Hall–Kier alpha value is -3.92. The van der Waals surface area contributed by atoms with Gasteiger partial charge in [0.2, 0.25) is 0 Å². The van der Waals surface area contributed by atoms with Crippen LogP contribution in [0.4, 0.5) is 11.4 Å². The summed E-state index contributed by atoms with van der Waals surface area (Å²) in [5, 5.41) is 3.42. The smallest absolute Gasteiger partial charge is 0.0384 e. The highest BCUT2D eigenvalue weighted by atomic mass is 79.9. The molecule has 0 aromatic heterocycles. The molecule has 0 amide bonds. The van der Waals surface area contributed by atoms with Crippen molar-refractivity contribution in [1.82, 2.24) is 0 Å². The predicted octanol–water partition coefficient (Wildman–Crippen LogP) is 12.2. The molecule has 214 valence electrons. The molecular weight excluding hydrogens is 654 g/mol. The van der Waals surface area contributed by atoms with Crippen LogP contribution in [0.1, 0.15) is 36.1 Å². The Kier molecular flexibility index (Phi) is 10.3. The molecular formula is C40H35Br2N. The van der Waals surface area contributed by atoms with Gasteiger partial charge in [-0.05, 0) is 88.3 Å². The first-order valence-corrected chi connectivity index (χ1v) is 16.0. The first-order valence-electron chi connectivity index (χ1n) is 14.4. The van der Waals surface area contributed by atoms with Crippen LogP contribution in [0.3, 0.4) is 0 Å². The van der Waals surface area contributed by atoms with Crippen molar-refractivity contribution in [2.24, 2.45) is 0 Å². The number of halogens is 2. The molecule has 0 spiro atoms. The number of benzene rings is 6. The van der Waals surface area contributed by atoms with E-state index in [0.29, 0.717) is 0 Å². The van der Waals surface area contributed by atoms with Crippen LogP contribution >= 0.6 is 31.9 Å². The molecule has 0 heterocycles. The van der Waals surface area contributed by atoms with Crippen molar-refractivity contribution in [3.05, 3.63) is 189 Å². The molecule has 1 N–H and O–H groups in total. The first kappa shape index (κ1) is 30.5. The molecule has 0 aliphatic carbocycles. The molecule has 0 fully saturated rings. The number of hydrogen-bond acceptors (Lipinski definition) is 1. The SMILES string of the molecule is CC(C)(c1ccc(Br)cc1)c1ccc(Br)cc1.c1ccc(Cc2ccc(-c3ccc(Nc4ccccc4)cc3)cc2)cc1. The van der Waals surface area contributed by atoms with Crippen molar-refractivity contribution in [2.45, 2.75) is 25.7 Å². The molecule has 6 aromatic carbocycles. The molecule has 3 heteroatoms. The largest absolute Gasteiger partial charge is 0.356 e. The molecule has 0 aliphatic heterocycles. The molecule has 6 rings (SSSR count). The maximum atomic E-state index is 3.47. The van der Waals surface area contributed by atoms with Gasteiger partial charge in [0.25, 0.3) is 0 Å². The maximum absolute atomic E-state index is 3.47. The Balaban J connectivity index is 0.000000188. The first-order chi connectivity index (χ1) is 20.9. The summed E-state index contributed by atoms with van der Waals surface area (Å²) >= 11 is 6.94. The van der Waals surface area contributed by atoms with Crippen molar-refractivity contribution in [1.29, 1.82) is 0 Å². The van der Waals surface area contributed by atoms with Crippen LogP contribution in [-0.4, -0.2) is 0 Å². The number of nitrogens with one attached hydrogen (secondary N) is 1. The number of hydrogen-bond donors (Lipinski definition) is 1. The Labute approximate surface area is 272 Å². The van der Waals surface area contributed by atoms with E-state index in [1.165, 1.54) is 33.4 Å². The lowest BCUT2D eigenvalue weighted by atomic mass is 9.78. The van der Waals surface area contributed by atoms with E-state index in [2.05, 4.69) is 191 Å². The molecule has 0 unspecified atom stereocenters. The quantitative estimate of drug-likeness (QED) is 0.176. The molecule has 0 atom stereocenters. The minimum atomic E-state index is 0.0292. The standard InChI is InChI=1S/C25H21N.C15H14Br2/c1-3-7-20(8-4-1)19-21-11-13-22(14-12-21)23-15-17-25(18-16-23)26-24-9-5-2-6-10-24;1-15(2,11-3-7-13(16)8-4-11)12-5-9-14(17)10-6-12/h1-18,26H,19H2;3-10H,1-2H3. The lowest BCUT2D eigenvalue weighted by Gasteiger charge is -2.26. The number of para-hydroxylation sites is 1. The highest BCUT2D eigenvalue weighted by Gasteiger charge is 2.22. The molecule has 6 aromatic rings. The van der Waals surface area contributed by atoms with Crippen LogP contribution in [0.5, 0.6) is 0 Å². The lowest BCUT2D eigenvalue weighted by molar-refractivity contribution is 0.640. The van der Waals surface area contributed by atoms with E-state index in [-0.39, 0.29) is 5.41 Å². The van der Waals surface area contributed by atoms with Gasteiger partial charge in [0, 0.05) is 25.7 Å². The summed E-state index contributed by atoms with van der Waals surface area (Å²) in [5.74, 6) is 0. The monoisotopic (exact) mass is 687 g/mol. The van der Waals surface area contributed by atoms with Gasteiger partial charge in [-0.15, -0.1) is 0 Å². The van der Waals surface area contributed by atoms with Gasteiger partial charge in [0.1, 0.15) is 0 Å². The van der Waals surface area contributed by atoms with E-state index in [0.717, 1.165) is 26.7 Å². The van der Waals surface area contributed by atoms with Crippen molar-refractivity contribution < 1.29 is 0 Å². The van der Waals surface area contributed by atoms with Crippen molar-refractivity contribution in [3.63, 3.8) is 0 Å². The fourth-order valence-corrected chi connectivity index (χ4v) is 5.51. The topological polar surface area (TPSA) is 12.0 Å². The van der Waals surface area contributed by atoms with Crippen LogP contribution in [0, 0.1) is 0 Å². The molecule has 0 bridgehead atoms. The second kappa shape index (κ2) is 14.5. The predicted molar refractivity (Wildman–Crippen MR) is 191 cm³/mol. The molecule has 0 aliphatic rings. The summed E-state index contributed by atoms with van der Waals surface area (Å²) in [5.41, 5.74) is 10.0. The zero-order chi connectivity index (χ0) is 30.1. The second-order valence-corrected chi connectivity index (χ2v) is 12.9. The normalized spacial score (nSPS) is 10.9. The average Bonchev–Trinajstić information content (AvgIpc) is 3.04. The molecule has 0 radical (unpaired) electrons. The number of anilines is 2. The summed E-state index contributed by atoms with van der Waals surface area (Å²) in [6.45, 7) is 4.50.